The number of benzene rings is 2. The van der Waals surface area contributed by atoms with Gasteiger partial charge in [-0.2, -0.15) is 0 Å². The van der Waals surface area contributed by atoms with Crippen molar-refractivity contribution in [1.82, 2.24) is 0 Å². The zero-order valence-corrected chi connectivity index (χ0v) is 16.9. The van der Waals surface area contributed by atoms with Gasteiger partial charge in [0.15, 0.2) is 5.96 Å². The second kappa shape index (κ2) is 10.8. The normalized spacial score (nSPS) is 10.8. The number of halogens is 1. The molecule has 0 radical (unpaired) electrons. The Hall–Kier alpha value is -2.00. The minimum absolute atomic E-state index is 0. The van der Waals surface area contributed by atoms with E-state index in [2.05, 4.69) is 10.3 Å². The molecule has 0 heterocycles. The van der Waals surface area contributed by atoms with E-state index in [0.29, 0.717) is 36.3 Å². The highest BCUT2D eigenvalue weighted by atomic mass is 127. The van der Waals surface area contributed by atoms with Gasteiger partial charge in [-0.3, -0.25) is 0 Å². The van der Waals surface area contributed by atoms with Crippen molar-refractivity contribution in [1.29, 1.82) is 0 Å². The van der Waals surface area contributed by atoms with Crippen LogP contribution in [-0.2, 0) is 17.9 Å². The quantitative estimate of drug-likeness (QED) is 0.379. The smallest absolute Gasteiger partial charge is 0.193 e. The molecule has 0 aliphatic rings. The molecule has 3 N–H and O–H groups in total. The lowest BCUT2D eigenvalue weighted by molar-refractivity contribution is 0.185. The predicted molar refractivity (Wildman–Crippen MR) is 111 cm³/mol. The lowest BCUT2D eigenvalue weighted by Crippen LogP contribution is -2.23. The molecule has 0 atom stereocenters. The van der Waals surface area contributed by atoms with Crippen LogP contribution >= 0.6 is 24.0 Å². The van der Waals surface area contributed by atoms with Crippen LogP contribution in [-0.4, -0.2) is 27.3 Å². The Kier molecular flexibility index (Phi) is 9.07. The van der Waals surface area contributed by atoms with Crippen molar-refractivity contribution in [2.24, 2.45) is 10.7 Å². The Morgan fingerprint density at radius 1 is 1.00 bits per heavy atom. The monoisotopic (exact) mass is 457 g/mol. The van der Waals surface area contributed by atoms with Crippen LogP contribution in [0, 0.1) is 0 Å². The third-order valence-corrected chi connectivity index (χ3v) is 3.44. The zero-order chi connectivity index (χ0) is 17.4. The SMILES string of the molecule is COCc1ccc(CN=C(N)Nc2cc(OC)ccc2OC)cc1.I. The van der Waals surface area contributed by atoms with Crippen molar-refractivity contribution in [3.8, 4) is 11.5 Å². The maximum Gasteiger partial charge on any atom is 0.193 e. The van der Waals surface area contributed by atoms with Gasteiger partial charge in [-0.05, 0) is 23.3 Å². The number of rotatable bonds is 7. The average molecular weight is 457 g/mol. The summed E-state index contributed by atoms with van der Waals surface area (Å²) in [5.74, 6) is 1.68. The molecule has 2 aromatic carbocycles. The molecule has 0 fully saturated rings. The molecule has 0 aliphatic heterocycles. The number of hydrogen-bond acceptors (Lipinski definition) is 4. The Morgan fingerprint density at radius 3 is 2.28 bits per heavy atom. The van der Waals surface area contributed by atoms with Crippen molar-refractivity contribution in [2.75, 3.05) is 26.6 Å². The van der Waals surface area contributed by atoms with E-state index in [-0.39, 0.29) is 24.0 Å². The van der Waals surface area contributed by atoms with E-state index in [1.54, 1.807) is 27.4 Å². The molecule has 7 heteroatoms. The fourth-order valence-electron chi connectivity index (χ4n) is 2.17. The first-order valence-corrected chi connectivity index (χ1v) is 7.52. The first kappa shape index (κ1) is 21.0. The van der Waals surface area contributed by atoms with Crippen molar-refractivity contribution in [2.45, 2.75) is 13.2 Å². The maximum atomic E-state index is 5.97. The first-order chi connectivity index (χ1) is 11.7. The molecule has 2 rings (SSSR count). The molecular formula is C18H24IN3O3. The summed E-state index contributed by atoms with van der Waals surface area (Å²) in [5.41, 5.74) is 8.86. The van der Waals surface area contributed by atoms with Crippen LogP contribution in [0.5, 0.6) is 11.5 Å². The van der Waals surface area contributed by atoms with Gasteiger partial charge < -0.3 is 25.3 Å². The van der Waals surface area contributed by atoms with Crippen LogP contribution < -0.4 is 20.5 Å². The van der Waals surface area contributed by atoms with Gasteiger partial charge >= 0.3 is 0 Å². The average Bonchev–Trinajstić information content (AvgIpc) is 2.61. The second-order valence-electron chi connectivity index (χ2n) is 5.14. The molecule has 136 valence electrons. The number of hydrogen-bond donors (Lipinski definition) is 2. The molecule has 0 aromatic heterocycles. The summed E-state index contributed by atoms with van der Waals surface area (Å²) >= 11 is 0. The highest BCUT2D eigenvalue weighted by molar-refractivity contribution is 14.0. The molecule has 0 bridgehead atoms. The fourth-order valence-corrected chi connectivity index (χ4v) is 2.17. The van der Waals surface area contributed by atoms with E-state index in [0.717, 1.165) is 11.1 Å². The fraction of sp³-hybridized carbons (Fsp3) is 0.278. The molecule has 0 saturated heterocycles. The topological polar surface area (TPSA) is 78.1 Å². The maximum absolute atomic E-state index is 5.97. The Labute approximate surface area is 165 Å². The minimum atomic E-state index is 0. The van der Waals surface area contributed by atoms with Crippen LogP contribution in [0.15, 0.2) is 47.5 Å². The number of anilines is 1. The highest BCUT2D eigenvalue weighted by Gasteiger charge is 2.06. The van der Waals surface area contributed by atoms with Crippen LogP contribution in [0.3, 0.4) is 0 Å². The van der Waals surface area contributed by atoms with Gasteiger partial charge in [0, 0.05) is 13.2 Å². The van der Waals surface area contributed by atoms with Gasteiger partial charge in [0.05, 0.1) is 33.1 Å². The Bertz CT molecular complexity index is 690. The van der Waals surface area contributed by atoms with Gasteiger partial charge in [0.25, 0.3) is 0 Å². The van der Waals surface area contributed by atoms with E-state index in [4.69, 9.17) is 19.9 Å². The predicted octanol–water partition coefficient (Wildman–Crippen LogP) is 3.40. The summed E-state index contributed by atoms with van der Waals surface area (Å²) in [4.78, 5) is 4.35. The molecule has 6 nitrogen and oxygen atoms in total. The van der Waals surface area contributed by atoms with Gasteiger partial charge in [0.1, 0.15) is 11.5 Å². The number of nitrogens with one attached hydrogen (secondary N) is 1. The van der Waals surface area contributed by atoms with Gasteiger partial charge in [-0.1, -0.05) is 24.3 Å². The lowest BCUT2D eigenvalue weighted by atomic mass is 10.1. The molecular weight excluding hydrogens is 433 g/mol. The van der Waals surface area contributed by atoms with Crippen LogP contribution in [0.4, 0.5) is 5.69 Å². The summed E-state index contributed by atoms with van der Waals surface area (Å²) in [5, 5.41) is 3.04. The standard InChI is InChI=1S/C18H23N3O3.HI/c1-22-12-14-6-4-13(5-7-14)11-20-18(19)21-16-10-15(23-2)8-9-17(16)24-3;/h4-10H,11-12H2,1-3H3,(H3,19,20,21);1H. The number of nitrogens with two attached hydrogens (primary N) is 1. The van der Waals surface area contributed by atoms with E-state index in [1.165, 1.54) is 0 Å². The van der Waals surface area contributed by atoms with Crippen molar-refractivity contribution >= 4 is 35.6 Å². The number of methoxy groups -OCH3 is 3. The van der Waals surface area contributed by atoms with E-state index in [9.17, 15) is 0 Å². The molecule has 0 unspecified atom stereocenters. The molecule has 0 spiro atoms. The van der Waals surface area contributed by atoms with Crippen LogP contribution in [0.1, 0.15) is 11.1 Å². The van der Waals surface area contributed by atoms with E-state index >= 15 is 0 Å². The van der Waals surface area contributed by atoms with Gasteiger partial charge in [-0.15, -0.1) is 24.0 Å². The lowest BCUT2D eigenvalue weighted by Gasteiger charge is -2.12. The minimum Gasteiger partial charge on any atom is -0.497 e. The largest absolute Gasteiger partial charge is 0.497 e. The van der Waals surface area contributed by atoms with Crippen molar-refractivity contribution in [3.05, 3.63) is 53.6 Å². The third-order valence-electron chi connectivity index (χ3n) is 3.44. The van der Waals surface area contributed by atoms with E-state index in [1.807, 2.05) is 36.4 Å². The zero-order valence-electron chi connectivity index (χ0n) is 14.6. The van der Waals surface area contributed by atoms with Gasteiger partial charge in [-0.25, -0.2) is 4.99 Å². The summed E-state index contributed by atoms with van der Waals surface area (Å²) in [6.07, 6.45) is 0. The molecule has 25 heavy (non-hydrogen) atoms. The summed E-state index contributed by atoms with van der Waals surface area (Å²) in [6, 6.07) is 13.5. The number of guanidine groups is 1. The number of aliphatic imine (C=N–C) groups is 1. The Balaban J connectivity index is 0.00000312. The Morgan fingerprint density at radius 2 is 1.68 bits per heavy atom. The summed E-state index contributed by atoms with van der Waals surface area (Å²) in [6.45, 7) is 1.08. The van der Waals surface area contributed by atoms with Crippen molar-refractivity contribution in [3.63, 3.8) is 0 Å². The van der Waals surface area contributed by atoms with Crippen molar-refractivity contribution < 1.29 is 14.2 Å². The summed E-state index contributed by atoms with van der Waals surface area (Å²) < 4.78 is 15.6. The summed E-state index contributed by atoms with van der Waals surface area (Å²) in [7, 11) is 4.88. The van der Waals surface area contributed by atoms with E-state index < -0.39 is 0 Å². The number of nitrogens with zero attached hydrogens (tertiary/aromatic N) is 1. The number of ether oxygens (including phenoxy) is 3. The third kappa shape index (κ3) is 6.43. The van der Waals surface area contributed by atoms with Gasteiger partial charge in [0.2, 0.25) is 0 Å². The van der Waals surface area contributed by atoms with Crippen LogP contribution in [0.2, 0.25) is 0 Å². The molecule has 2 aromatic rings. The molecule has 0 aliphatic carbocycles. The molecule has 0 amide bonds. The molecule has 0 saturated carbocycles. The van der Waals surface area contributed by atoms with Crippen LogP contribution in [0.25, 0.3) is 0 Å². The first-order valence-electron chi connectivity index (χ1n) is 7.52. The second-order valence-corrected chi connectivity index (χ2v) is 5.14. The highest BCUT2D eigenvalue weighted by Crippen LogP contribution is 2.28.